The van der Waals surface area contributed by atoms with Gasteiger partial charge in [-0.25, -0.2) is 4.57 Å². The van der Waals surface area contributed by atoms with E-state index in [-0.39, 0.29) is 25.6 Å². The molecule has 0 fully saturated rings. The summed E-state index contributed by atoms with van der Waals surface area (Å²) in [5.41, 5.74) is 0. The highest BCUT2D eigenvalue weighted by Crippen LogP contribution is 2.36. The fraction of sp³-hybridized carbons (Fsp3) is 0.689. The van der Waals surface area contributed by atoms with Crippen LogP contribution in [0, 0.1) is 0 Å². The molecule has 0 aliphatic carbocycles. The van der Waals surface area contributed by atoms with Crippen LogP contribution in [0.25, 0.3) is 0 Å². The molecule has 0 unspecified atom stereocenters. The summed E-state index contributed by atoms with van der Waals surface area (Å²) in [5, 5.41) is 9.79. The summed E-state index contributed by atoms with van der Waals surface area (Å²) in [6.07, 6.45) is 48.2. The first-order valence-corrected chi connectivity index (χ1v) is 22.9. The van der Waals surface area contributed by atoms with E-state index in [4.69, 9.17) is 19.3 Å². The van der Waals surface area contributed by atoms with Gasteiger partial charge in [-0.1, -0.05) is 157 Å². The zero-order chi connectivity index (χ0) is 40.5. The van der Waals surface area contributed by atoms with Gasteiger partial charge in [-0.15, -0.1) is 0 Å². The van der Waals surface area contributed by atoms with Gasteiger partial charge < -0.3 is 24.4 Å². The van der Waals surface area contributed by atoms with Gasteiger partial charge in [-0.05, 0) is 77.0 Å². The summed E-state index contributed by atoms with van der Waals surface area (Å²) < 4.78 is 26.3. The lowest BCUT2D eigenvalue weighted by Crippen LogP contribution is -2.29. The summed E-state index contributed by atoms with van der Waals surface area (Å²) in [6.45, 7) is 3.45. The molecule has 10 heteroatoms. The highest BCUT2D eigenvalue weighted by Gasteiger charge is 2.22. The number of carbonyl (C=O) groups excluding carboxylic acids is 2. The van der Waals surface area contributed by atoms with Crippen LogP contribution in [0.5, 0.6) is 0 Å². The predicted octanol–water partition coefficient (Wildman–Crippen LogP) is 12.0. The molecule has 0 aromatic heterocycles. The van der Waals surface area contributed by atoms with Crippen molar-refractivity contribution in [3.05, 3.63) is 72.9 Å². The van der Waals surface area contributed by atoms with Gasteiger partial charge in [0.2, 0.25) is 0 Å². The Balaban J connectivity index is 4.04. The van der Waals surface area contributed by atoms with Crippen molar-refractivity contribution in [2.75, 3.05) is 13.2 Å². The van der Waals surface area contributed by atoms with Gasteiger partial charge in [0.1, 0.15) is 6.61 Å². The van der Waals surface area contributed by atoms with Crippen molar-refractivity contribution in [2.45, 2.75) is 187 Å². The van der Waals surface area contributed by atoms with Gasteiger partial charge in [-0.3, -0.25) is 14.1 Å². The van der Waals surface area contributed by atoms with Gasteiger partial charge in [0.25, 0.3) is 0 Å². The van der Waals surface area contributed by atoms with E-state index in [2.05, 4.69) is 67.0 Å². The Morgan fingerprint density at radius 2 is 1.00 bits per heavy atom. The summed E-state index contributed by atoms with van der Waals surface area (Å²) >= 11 is 0. The smallest absolute Gasteiger partial charge is 0.462 e. The average molecular weight is 793 g/mol. The number of hydrogen-bond acceptors (Lipinski definition) is 7. The maximum atomic E-state index is 12.4. The number of phosphoric ester groups is 1. The van der Waals surface area contributed by atoms with Crippen LogP contribution in [0.4, 0.5) is 0 Å². The highest BCUT2D eigenvalue weighted by atomic mass is 31.2. The van der Waals surface area contributed by atoms with Crippen molar-refractivity contribution in [1.29, 1.82) is 0 Å². The van der Waals surface area contributed by atoms with Crippen LogP contribution in [-0.4, -0.2) is 52.3 Å². The second-order valence-electron chi connectivity index (χ2n) is 14.1. The molecule has 0 bridgehead atoms. The van der Waals surface area contributed by atoms with E-state index in [1.807, 2.05) is 24.3 Å². The lowest BCUT2D eigenvalue weighted by molar-refractivity contribution is -0.161. The van der Waals surface area contributed by atoms with E-state index in [0.29, 0.717) is 19.3 Å². The van der Waals surface area contributed by atoms with Crippen LogP contribution >= 0.6 is 7.82 Å². The van der Waals surface area contributed by atoms with Gasteiger partial charge in [0.15, 0.2) is 6.10 Å². The number of aliphatic hydroxyl groups excluding tert-OH is 1. The second kappa shape index (κ2) is 39.7. The molecule has 3 N–H and O–H groups in total. The predicted molar refractivity (Wildman–Crippen MR) is 226 cm³/mol. The molecule has 0 saturated heterocycles. The van der Waals surface area contributed by atoms with Crippen molar-refractivity contribution in [2.24, 2.45) is 0 Å². The first-order valence-electron chi connectivity index (χ1n) is 21.3. The summed E-state index contributed by atoms with van der Waals surface area (Å²) in [7, 11) is -4.78. The Labute approximate surface area is 334 Å². The van der Waals surface area contributed by atoms with Crippen molar-refractivity contribution >= 4 is 19.8 Å². The normalized spacial score (nSPS) is 13.8. The molecule has 0 aromatic rings. The maximum absolute atomic E-state index is 12.4. The first kappa shape index (κ1) is 52.5. The van der Waals surface area contributed by atoms with Crippen molar-refractivity contribution in [1.82, 2.24) is 0 Å². The van der Waals surface area contributed by atoms with Crippen LogP contribution in [-0.2, 0) is 28.2 Å². The maximum Gasteiger partial charge on any atom is 0.469 e. The molecule has 0 saturated carbocycles. The van der Waals surface area contributed by atoms with E-state index >= 15 is 0 Å². The van der Waals surface area contributed by atoms with Gasteiger partial charge in [0.05, 0.1) is 12.7 Å². The fourth-order valence-electron chi connectivity index (χ4n) is 5.53. The molecule has 0 radical (unpaired) electrons. The third-order valence-corrected chi connectivity index (χ3v) is 9.25. The molecule has 0 amide bonds. The molecule has 0 aromatic carbocycles. The van der Waals surface area contributed by atoms with E-state index in [1.54, 1.807) is 0 Å². The number of hydrogen-bond donors (Lipinski definition) is 3. The van der Waals surface area contributed by atoms with Crippen LogP contribution in [0.15, 0.2) is 72.9 Å². The van der Waals surface area contributed by atoms with E-state index in [0.717, 1.165) is 70.6 Å². The third kappa shape index (κ3) is 42.4. The minimum Gasteiger partial charge on any atom is -0.462 e. The molecule has 0 aliphatic heterocycles. The van der Waals surface area contributed by atoms with Crippen molar-refractivity contribution < 1.29 is 43.0 Å². The molecule has 55 heavy (non-hydrogen) atoms. The zero-order valence-corrected chi connectivity index (χ0v) is 35.3. The van der Waals surface area contributed by atoms with E-state index in [1.165, 1.54) is 57.8 Å². The number of aliphatic hydroxyl groups is 1. The Hall–Kier alpha value is -2.55. The Kier molecular flexibility index (Phi) is 37.8. The van der Waals surface area contributed by atoms with Crippen LogP contribution < -0.4 is 0 Å². The quantitative estimate of drug-likeness (QED) is 0.0241. The standard InChI is InChI=1S/C45H77O9P/c1-3-5-7-8-9-10-11-12-13-14-15-16-17-18-22-25-28-31-34-38-44(47)52-40-43(41-53-55(49,50)51)54-45(48)39-35-32-29-26-23-20-19-21-24-27-30-33-37-42(46)36-6-4-2/h9-10,12-13,19-20,24,26-27,29,33,37,42-43,46H,3-8,11,14-18,21-23,25,28,30-32,34-36,38-41H2,1-2H3,(H2,49,50,51)/b10-9-,13-12-,20-19-,27-24-,29-26-,37-33-/t42-,43-/m1/s1. The number of ether oxygens (including phenoxy) is 2. The van der Waals surface area contributed by atoms with Gasteiger partial charge in [-0.2, -0.15) is 0 Å². The number of unbranched alkanes of at least 4 members (excludes halogenated alkanes) is 14. The minimum absolute atomic E-state index is 0.115. The van der Waals surface area contributed by atoms with Crippen molar-refractivity contribution in [3.8, 4) is 0 Å². The third-order valence-electron chi connectivity index (χ3n) is 8.77. The number of allylic oxidation sites excluding steroid dienone is 11. The van der Waals surface area contributed by atoms with E-state index < -0.39 is 32.5 Å². The summed E-state index contributed by atoms with van der Waals surface area (Å²) in [5.74, 6) is -0.982. The van der Waals surface area contributed by atoms with Crippen molar-refractivity contribution in [3.63, 3.8) is 0 Å². The minimum atomic E-state index is -4.78. The molecular weight excluding hydrogens is 715 g/mol. The Morgan fingerprint density at radius 3 is 1.55 bits per heavy atom. The first-order chi connectivity index (χ1) is 26.7. The topological polar surface area (TPSA) is 140 Å². The van der Waals surface area contributed by atoms with Gasteiger partial charge in [0, 0.05) is 12.8 Å². The fourth-order valence-corrected chi connectivity index (χ4v) is 5.89. The summed E-state index contributed by atoms with van der Waals surface area (Å²) in [6, 6.07) is 0. The summed E-state index contributed by atoms with van der Waals surface area (Å²) in [4.78, 5) is 42.8. The average Bonchev–Trinajstić information content (AvgIpc) is 3.15. The molecule has 0 heterocycles. The van der Waals surface area contributed by atoms with E-state index in [9.17, 15) is 19.3 Å². The SMILES string of the molecule is CCCCC/C=C\C/C=C\CCCCCCCCCCCC(=O)OC[C@H](COP(=O)(O)O)OC(=O)CCC/C=C\C/C=C\C/C=C\C/C=C\[C@H](O)CCCC. The van der Waals surface area contributed by atoms with Crippen LogP contribution in [0.2, 0.25) is 0 Å². The number of phosphoric acid groups is 1. The number of carbonyl (C=O) groups is 2. The lowest BCUT2D eigenvalue weighted by Gasteiger charge is -2.18. The molecule has 0 rings (SSSR count). The Morgan fingerprint density at radius 1 is 0.545 bits per heavy atom. The van der Waals surface area contributed by atoms with Gasteiger partial charge >= 0.3 is 19.8 Å². The monoisotopic (exact) mass is 793 g/mol. The molecule has 0 spiro atoms. The highest BCUT2D eigenvalue weighted by molar-refractivity contribution is 7.46. The lowest BCUT2D eigenvalue weighted by atomic mass is 10.1. The van der Waals surface area contributed by atoms with Crippen LogP contribution in [0.1, 0.15) is 174 Å². The Bertz CT molecular complexity index is 1140. The number of rotatable bonds is 38. The largest absolute Gasteiger partial charge is 0.469 e. The zero-order valence-electron chi connectivity index (χ0n) is 34.4. The molecule has 0 aliphatic rings. The number of esters is 2. The van der Waals surface area contributed by atoms with Crippen LogP contribution in [0.3, 0.4) is 0 Å². The second-order valence-corrected chi connectivity index (χ2v) is 15.4. The molecule has 316 valence electrons. The molecule has 9 nitrogen and oxygen atoms in total. The molecule has 2 atom stereocenters. The molecular formula is C45H77O9P.